The summed E-state index contributed by atoms with van der Waals surface area (Å²) in [5.74, 6) is -0.689. The van der Waals surface area contributed by atoms with Gasteiger partial charge in [-0.15, -0.1) is 0 Å². The van der Waals surface area contributed by atoms with Gasteiger partial charge in [-0.05, 0) is 42.8 Å². The molecule has 0 aliphatic carbocycles. The number of rotatable bonds is 3. The largest absolute Gasteiger partial charge is 0.456 e. The molecule has 0 saturated carbocycles. The lowest BCUT2D eigenvalue weighted by molar-refractivity contribution is -0.122. The molecule has 0 unspecified atom stereocenters. The number of furan rings is 1. The van der Waals surface area contributed by atoms with E-state index < -0.39 is 5.92 Å². The fourth-order valence-electron chi connectivity index (χ4n) is 3.93. The van der Waals surface area contributed by atoms with E-state index in [-0.39, 0.29) is 18.2 Å². The van der Waals surface area contributed by atoms with E-state index in [1.165, 1.54) is 0 Å². The van der Waals surface area contributed by atoms with Crippen molar-refractivity contribution in [2.45, 2.75) is 13.3 Å². The third-order valence-corrected chi connectivity index (χ3v) is 6.02. The standard InChI is InChI=1S/C24H19ClN2O3/c1-14-6-8-17(12-20(14)25)27-13-15(10-23(27)28)24(29)26-16-7-9-19-18-4-2-3-5-21(18)30-22(19)11-16/h2-9,11-12,15H,10,13H2,1H3,(H,26,29)/t15-/m1/s1. The van der Waals surface area contributed by atoms with Crippen LogP contribution in [0.25, 0.3) is 21.9 Å². The fraction of sp³-hybridized carbons (Fsp3) is 0.167. The average Bonchev–Trinajstić information content (AvgIpc) is 3.30. The number of fused-ring (bicyclic) bond motifs is 3. The van der Waals surface area contributed by atoms with Crippen LogP contribution in [0.15, 0.2) is 65.1 Å². The minimum absolute atomic E-state index is 0.0807. The summed E-state index contributed by atoms with van der Waals surface area (Å²) in [7, 11) is 0. The number of aryl methyl sites for hydroxylation is 1. The summed E-state index contributed by atoms with van der Waals surface area (Å²) in [5.41, 5.74) is 3.84. The maximum Gasteiger partial charge on any atom is 0.229 e. The van der Waals surface area contributed by atoms with Gasteiger partial charge in [-0.2, -0.15) is 0 Å². The lowest BCUT2D eigenvalue weighted by atomic mass is 10.1. The van der Waals surface area contributed by atoms with E-state index in [2.05, 4.69) is 5.32 Å². The van der Waals surface area contributed by atoms with Crippen LogP contribution in [-0.2, 0) is 9.59 Å². The number of halogens is 1. The number of carbonyl (C=O) groups excluding carboxylic acids is 2. The molecular formula is C24H19ClN2O3. The highest BCUT2D eigenvalue weighted by molar-refractivity contribution is 6.31. The van der Waals surface area contributed by atoms with Crippen LogP contribution in [0.1, 0.15) is 12.0 Å². The maximum absolute atomic E-state index is 12.8. The number of para-hydroxylation sites is 1. The Morgan fingerprint density at radius 2 is 1.87 bits per heavy atom. The summed E-state index contributed by atoms with van der Waals surface area (Å²) >= 11 is 6.20. The molecule has 1 N–H and O–H groups in total. The highest BCUT2D eigenvalue weighted by Crippen LogP contribution is 2.32. The topological polar surface area (TPSA) is 62.6 Å². The van der Waals surface area contributed by atoms with E-state index in [1.54, 1.807) is 11.0 Å². The molecule has 4 aromatic rings. The van der Waals surface area contributed by atoms with E-state index >= 15 is 0 Å². The first-order chi connectivity index (χ1) is 14.5. The smallest absolute Gasteiger partial charge is 0.229 e. The van der Waals surface area contributed by atoms with Crippen molar-refractivity contribution in [2.24, 2.45) is 5.92 Å². The van der Waals surface area contributed by atoms with Crippen LogP contribution in [0, 0.1) is 12.8 Å². The third-order valence-electron chi connectivity index (χ3n) is 5.61. The number of carbonyl (C=O) groups is 2. The second kappa shape index (κ2) is 7.18. The van der Waals surface area contributed by atoms with Crippen molar-refractivity contribution in [2.75, 3.05) is 16.8 Å². The highest BCUT2D eigenvalue weighted by atomic mass is 35.5. The molecule has 1 aliphatic heterocycles. The Bertz CT molecular complexity index is 1310. The van der Waals surface area contributed by atoms with E-state index in [4.69, 9.17) is 16.0 Å². The SMILES string of the molecule is Cc1ccc(N2C[C@H](C(=O)Nc3ccc4c(c3)oc3ccccc34)CC2=O)cc1Cl. The van der Waals surface area contributed by atoms with Crippen LogP contribution in [-0.4, -0.2) is 18.4 Å². The molecule has 2 heterocycles. The summed E-state index contributed by atoms with van der Waals surface area (Å²) in [6.45, 7) is 2.24. The molecule has 1 atom stereocenters. The number of amides is 2. The Balaban J connectivity index is 1.34. The molecule has 0 bridgehead atoms. The molecule has 1 aromatic heterocycles. The van der Waals surface area contributed by atoms with Crippen LogP contribution >= 0.6 is 11.6 Å². The number of anilines is 2. The predicted octanol–water partition coefficient (Wildman–Crippen LogP) is 5.54. The monoisotopic (exact) mass is 418 g/mol. The van der Waals surface area contributed by atoms with Crippen molar-refractivity contribution in [3.8, 4) is 0 Å². The molecule has 5 rings (SSSR count). The molecule has 30 heavy (non-hydrogen) atoms. The van der Waals surface area contributed by atoms with Crippen LogP contribution in [0.3, 0.4) is 0 Å². The summed E-state index contributed by atoms with van der Waals surface area (Å²) in [5, 5.41) is 5.58. The summed E-state index contributed by atoms with van der Waals surface area (Å²) < 4.78 is 5.89. The molecule has 1 saturated heterocycles. The van der Waals surface area contributed by atoms with Gasteiger partial charge < -0.3 is 14.6 Å². The molecular weight excluding hydrogens is 400 g/mol. The Hall–Kier alpha value is -3.31. The fourth-order valence-corrected chi connectivity index (χ4v) is 4.11. The lowest BCUT2D eigenvalue weighted by Gasteiger charge is -2.17. The second-order valence-electron chi connectivity index (χ2n) is 7.64. The van der Waals surface area contributed by atoms with Crippen molar-refractivity contribution in [3.63, 3.8) is 0 Å². The molecule has 0 radical (unpaired) electrons. The Labute approximate surface area is 178 Å². The van der Waals surface area contributed by atoms with Crippen molar-refractivity contribution < 1.29 is 14.0 Å². The van der Waals surface area contributed by atoms with Crippen molar-refractivity contribution >= 4 is 56.7 Å². The molecule has 3 aromatic carbocycles. The van der Waals surface area contributed by atoms with Gasteiger partial charge in [-0.3, -0.25) is 9.59 Å². The van der Waals surface area contributed by atoms with Crippen molar-refractivity contribution in [3.05, 3.63) is 71.2 Å². The normalized spacial score (nSPS) is 16.5. The highest BCUT2D eigenvalue weighted by Gasteiger charge is 2.35. The minimum atomic E-state index is -0.427. The number of nitrogens with zero attached hydrogens (tertiary/aromatic N) is 1. The summed E-state index contributed by atoms with van der Waals surface area (Å²) in [6.07, 6.45) is 0.171. The molecule has 5 nitrogen and oxygen atoms in total. The van der Waals surface area contributed by atoms with E-state index in [0.717, 1.165) is 27.6 Å². The van der Waals surface area contributed by atoms with Crippen LogP contribution in [0.4, 0.5) is 11.4 Å². The molecule has 6 heteroatoms. The van der Waals surface area contributed by atoms with Gasteiger partial charge in [0, 0.05) is 46.2 Å². The van der Waals surface area contributed by atoms with E-state index in [1.807, 2.05) is 61.5 Å². The van der Waals surface area contributed by atoms with Gasteiger partial charge in [-0.25, -0.2) is 0 Å². The maximum atomic E-state index is 12.8. The Morgan fingerprint density at radius 3 is 2.70 bits per heavy atom. The number of nitrogens with one attached hydrogen (secondary N) is 1. The zero-order valence-corrected chi connectivity index (χ0v) is 17.1. The molecule has 150 valence electrons. The van der Waals surface area contributed by atoms with Crippen molar-refractivity contribution in [1.82, 2.24) is 0 Å². The Morgan fingerprint density at radius 1 is 1.07 bits per heavy atom. The van der Waals surface area contributed by atoms with Gasteiger partial charge in [-0.1, -0.05) is 35.9 Å². The van der Waals surface area contributed by atoms with Gasteiger partial charge in [0.2, 0.25) is 11.8 Å². The molecule has 1 fully saturated rings. The van der Waals surface area contributed by atoms with Crippen LogP contribution in [0.2, 0.25) is 5.02 Å². The molecule has 2 amide bonds. The second-order valence-corrected chi connectivity index (χ2v) is 8.04. The quantitative estimate of drug-likeness (QED) is 0.475. The number of hydrogen-bond acceptors (Lipinski definition) is 3. The zero-order valence-electron chi connectivity index (χ0n) is 16.3. The van der Waals surface area contributed by atoms with E-state index in [9.17, 15) is 9.59 Å². The van der Waals surface area contributed by atoms with Gasteiger partial charge in [0.25, 0.3) is 0 Å². The first-order valence-electron chi connectivity index (χ1n) is 9.78. The molecule has 1 aliphatic rings. The number of benzene rings is 3. The van der Waals surface area contributed by atoms with Crippen LogP contribution < -0.4 is 10.2 Å². The summed E-state index contributed by atoms with van der Waals surface area (Å²) in [6, 6.07) is 18.9. The minimum Gasteiger partial charge on any atom is -0.456 e. The number of hydrogen-bond donors (Lipinski definition) is 1. The molecule has 0 spiro atoms. The van der Waals surface area contributed by atoms with Gasteiger partial charge in [0.15, 0.2) is 0 Å². The lowest BCUT2D eigenvalue weighted by Crippen LogP contribution is -2.28. The first kappa shape index (κ1) is 18.7. The van der Waals surface area contributed by atoms with E-state index in [0.29, 0.717) is 22.8 Å². The average molecular weight is 419 g/mol. The zero-order chi connectivity index (χ0) is 20.8. The van der Waals surface area contributed by atoms with Gasteiger partial charge in [0.05, 0.1) is 5.92 Å². The van der Waals surface area contributed by atoms with Gasteiger partial charge >= 0.3 is 0 Å². The van der Waals surface area contributed by atoms with Crippen molar-refractivity contribution in [1.29, 1.82) is 0 Å². The predicted molar refractivity (Wildman–Crippen MR) is 119 cm³/mol. The van der Waals surface area contributed by atoms with Crippen LogP contribution in [0.5, 0.6) is 0 Å². The van der Waals surface area contributed by atoms with Gasteiger partial charge in [0.1, 0.15) is 11.2 Å². The Kier molecular flexibility index (Phi) is 4.48. The third kappa shape index (κ3) is 3.21. The summed E-state index contributed by atoms with van der Waals surface area (Å²) in [4.78, 5) is 26.9. The first-order valence-corrected chi connectivity index (χ1v) is 10.2.